The number of pyridine rings is 1. The van der Waals surface area contributed by atoms with Crippen LogP contribution in [0.15, 0.2) is 24.4 Å². The molecular weight excluding hydrogens is 236 g/mol. The molecule has 0 saturated heterocycles. The summed E-state index contributed by atoms with van der Waals surface area (Å²) in [7, 11) is 0. The third-order valence-electron chi connectivity index (χ3n) is 4.25. The quantitative estimate of drug-likeness (QED) is 0.832. The molecule has 0 amide bonds. The van der Waals surface area contributed by atoms with E-state index in [2.05, 4.69) is 24.9 Å². The summed E-state index contributed by atoms with van der Waals surface area (Å²) in [4.78, 5) is 16.9. The van der Waals surface area contributed by atoms with E-state index in [1.807, 2.05) is 6.07 Å². The smallest absolute Gasteiger partial charge is 0.159 e. The molecule has 0 bridgehead atoms. The van der Waals surface area contributed by atoms with Gasteiger partial charge in [0.25, 0.3) is 0 Å². The largest absolute Gasteiger partial charge is 0.297 e. The van der Waals surface area contributed by atoms with Gasteiger partial charge < -0.3 is 0 Å². The SMILES string of the molecule is CC1(C)CCCCC1C(=O)C(C#N)c1ccccn1. The summed E-state index contributed by atoms with van der Waals surface area (Å²) in [6, 6.07) is 7.53. The van der Waals surface area contributed by atoms with Crippen LogP contribution in [0.25, 0.3) is 0 Å². The lowest BCUT2D eigenvalue weighted by molar-refractivity contribution is -0.128. The summed E-state index contributed by atoms with van der Waals surface area (Å²) in [5.74, 6) is -0.692. The molecule has 1 heterocycles. The Morgan fingerprint density at radius 3 is 2.84 bits per heavy atom. The zero-order valence-corrected chi connectivity index (χ0v) is 11.6. The number of aromatic nitrogens is 1. The Balaban J connectivity index is 2.25. The van der Waals surface area contributed by atoms with Crippen molar-refractivity contribution in [2.24, 2.45) is 11.3 Å². The van der Waals surface area contributed by atoms with Crippen LogP contribution < -0.4 is 0 Å². The Morgan fingerprint density at radius 1 is 1.47 bits per heavy atom. The van der Waals surface area contributed by atoms with Crippen molar-refractivity contribution >= 4 is 5.78 Å². The molecule has 1 aromatic heterocycles. The molecule has 19 heavy (non-hydrogen) atoms. The van der Waals surface area contributed by atoms with Gasteiger partial charge in [-0.1, -0.05) is 32.8 Å². The van der Waals surface area contributed by atoms with Crippen LogP contribution in [0.3, 0.4) is 0 Å². The van der Waals surface area contributed by atoms with E-state index in [0.29, 0.717) is 5.69 Å². The molecule has 1 fully saturated rings. The number of rotatable bonds is 3. The molecule has 1 aliphatic rings. The van der Waals surface area contributed by atoms with Gasteiger partial charge in [0.15, 0.2) is 5.78 Å². The first kappa shape index (κ1) is 13.7. The molecule has 3 nitrogen and oxygen atoms in total. The number of nitrogens with zero attached hydrogens (tertiary/aromatic N) is 2. The molecule has 1 aliphatic carbocycles. The van der Waals surface area contributed by atoms with Gasteiger partial charge in [0.2, 0.25) is 0 Å². The average Bonchev–Trinajstić information content (AvgIpc) is 2.40. The summed E-state index contributed by atoms with van der Waals surface area (Å²) >= 11 is 0. The van der Waals surface area contributed by atoms with Crippen LogP contribution in [-0.4, -0.2) is 10.8 Å². The fraction of sp³-hybridized carbons (Fsp3) is 0.562. The molecule has 0 spiro atoms. The maximum absolute atomic E-state index is 12.7. The Morgan fingerprint density at radius 2 is 2.26 bits per heavy atom. The van der Waals surface area contributed by atoms with Crippen molar-refractivity contribution < 1.29 is 4.79 Å². The summed E-state index contributed by atoms with van der Waals surface area (Å²) in [6.45, 7) is 4.28. The van der Waals surface area contributed by atoms with Crippen LogP contribution in [0.5, 0.6) is 0 Å². The lowest BCUT2D eigenvalue weighted by Crippen LogP contribution is -2.36. The van der Waals surface area contributed by atoms with E-state index in [1.54, 1.807) is 18.3 Å². The van der Waals surface area contributed by atoms with Gasteiger partial charge in [0, 0.05) is 12.1 Å². The number of hydrogen-bond acceptors (Lipinski definition) is 3. The highest BCUT2D eigenvalue weighted by molar-refractivity contribution is 5.90. The minimum absolute atomic E-state index is 0.000780. The van der Waals surface area contributed by atoms with Gasteiger partial charge in [-0.15, -0.1) is 0 Å². The molecule has 1 saturated carbocycles. The van der Waals surface area contributed by atoms with Crippen molar-refractivity contribution in [1.29, 1.82) is 5.26 Å². The van der Waals surface area contributed by atoms with E-state index in [9.17, 15) is 10.1 Å². The first-order chi connectivity index (χ1) is 9.06. The molecule has 3 heteroatoms. The van der Waals surface area contributed by atoms with Crippen molar-refractivity contribution in [3.05, 3.63) is 30.1 Å². The van der Waals surface area contributed by atoms with E-state index in [4.69, 9.17) is 0 Å². The van der Waals surface area contributed by atoms with Gasteiger partial charge in [-0.3, -0.25) is 9.78 Å². The van der Waals surface area contributed by atoms with Gasteiger partial charge >= 0.3 is 0 Å². The van der Waals surface area contributed by atoms with Crippen LogP contribution >= 0.6 is 0 Å². The van der Waals surface area contributed by atoms with E-state index in [1.165, 1.54) is 6.42 Å². The fourth-order valence-electron chi connectivity index (χ4n) is 3.04. The maximum Gasteiger partial charge on any atom is 0.159 e. The third-order valence-corrected chi connectivity index (χ3v) is 4.25. The molecule has 2 unspecified atom stereocenters. The molecule has 0 aliphatic heterocycles. The van der Waals surface area contributed by atoms with Crippen molar-refractivity contribution in [3.63, 3.8) is 0 Å². The summed E-state index contributed by atoms with van der Waals surface area (Å²) in [6.07, 6.45) is 5.86. The minimum Gasteiger partial charge on any atom is -0.297 e. The fourth-order valence-corrected chi connectivity index (χ4v) is 3.04. The van der Waals surface area contributed by atoms with Crippen LogP contribution in [0.2, 0.25) is 0 Å². The Bertz CT molecular complexity index is 487. The highest BCUT2D eigenvalue weighted by Crippen LogP contribution is 2.43. The van der Waals surface area contributed by atoms with E-state index >= 15 is 0 Å². The summed E-state index contributed by atoms with van der Waals surface area (Å²) in [5.41, 5.74) is 0.579. The van der Waals surface area contributed by atoms with E-state index in [0.717, 1.165) is 19.3 Å². The summed E-state index contributed by atoms with van der Waals surface area (Å²) < 4.78 is 0. The minimum atomic E-state index is -0.719. The number of nitriles is 1. The number of ketones is 1. The Kier molecular flexibility index (Phi) is 3.99. The molecule has 100 valence electrons. The average molecular weight is 256 g/mol. The van der Waals surface area contributed by atoms with Crippen molar-refractivity contribution in [2.45, 2.75) is 45.4 Å². The number of Topliss-reactive ketones (excluding diaryl/α,β-unsaturated/α-hetero) is 1. The van der Waals surface area contributed by atoms with Crippen molar-refractivity contribution in [2.75, 3.05) is 0 Å². The molecular formula is C16H20N2O. The van der Waals surface area contributed by atoms with Crippen LogP contribution in [-0.2, 0) is 4.79 Å². The Labute approximate surface area is 114 Å². The molecule has 2 atom stereocenters. The molecule has 2 rings (SSSR count). The Hall–Kier alpha value is -1.69. The number of carbonyl (C=O) groups is 1. The van der Waals surface area contributed by atoms with Crippen LogP contribution in [0.4, 0.5) is 0 Å². The standard InChI is InChI=1S/C16H20N2O/c1-16(2)9-5-3-7-13(16)15(19)12(11-17)14-8-4-6-10-18-14/h4,6,8,10,12-13H,3,5,7,9H2,1-2H3. The molecule has 0 radical (unpaired) electrons. The van der Waals surface area contributed by atoms with Gasteiger partial charge in [-0.05, 0) is 30.4 Å². The highest BCUT2D eigenvalue weighted by Gasteiger charge is 2.40. The highest BCUT2D eigenvalue weighted by atomic mass is 16.1. The number of hydrogen-bond donors (Lipinski definition) is 0. The predicted octanol–water partition coefficient (Wildman–Crippen LogP) is 3.47. The van der Waals surface area contributed by atoms with Crippen molar-refractivity contribution in [1.82, 2.24) is 4.98 Å². The molecule has 0 aromatic carbocycles. The summed E-state index contributed by atoms with van der Waals surface area (Å²) in [5, 5.41) is 9.34. The second-order valence-electron chi connectivity index (χ2n) is 6.01. The second kappa shape index (κ2) is 5.52. The maximum atomic E-state index is 12.7. The lowest BCUT2D eigenvalue weighted by Gasteiger charge is -2.38. The first-order valence-electron chi connectivity index (χ1n) is 6.90. The van der Waals surface area contributed by atoms with E-state index < -0.39 is 5.92 Å². The zero-order chi connectivity index (χ0) is 13.9. The van der Waals surface area contributed by atoms with Gasteiger partial charge in [0.05, 0.1) is 11.8 Å². The van der Waals surface area contributed by atoms with Crippen LogP contribution in [0.1, 0.15) is 51.1 Å². The predicted molar refractivity (Wildman–Crippen MR) is 73.3 cm³/mol. The van der Waals surface area contributed by atoms with Crippen LogP contribution in [0, 0.1) is 22.7 Å². The normalized spacial score (nSPS) is 23.3. The third kappa shape index (κ3) is 2.84. The monoisotopic (exact) mass is 256 g/mol. The van der Waals surface area contributed by atoms with E-state index in [-0.39, 0.29) is 17.1 Å². The second-order valence-corrected chi connectivity index (χ2v) is 6.01. The van der Waals surface area contributed by atoms with Crippen molar-refractivity contribution in [3.8, 4) is 6.07 Å². The van der Waals surface area contributed by atoms with Gasteiger partial charge in [-0.25, -0.2) is 0 Å². The van der Waals surface area contributed by atoms with Gasteiger partial charge in [0.1, 0.15) is 5.92 Å². The number of carbonyl (C=O) groups excluding carboxylic acids is 1. The zero-order valence-electron chi connectivity index (χ0n) is 11.6. The molecule has 1 aromatic rings. The first-order valence-corrected chi connectivity index (χ1v) is 6.90. The molecule has 0 N–H and O–H groups in total. The topological polar surface area (TPSA) is 53.8 Å². The lowest BCUT2D eigenvalue weighted by atomic mass is 9.65. The van der Waals surface area contributed by atoms with Gasteiger partial charge in [-0.2, -0.15) is 5.26 Å².